The molecule has 0 unspecified atom stereocenters. The van der Waals surface area contributed by atoms with Crippen LogP contribution in [0.3, 0.4) is 0 Å². The third kappa shape index (κ3) is 3.17. The van der Waals surface area contributed by atoms with Crippen molar-refractivity contribution in [1.82, 2.24) is 4.90 Å². The lowest BCUT2D eigenvalue weighted by Crippen LogP contribution is -2.22. The molecule has 0 spiro atoms. The van der Waals surface area contributed by atoms with Gasteiger partial charge in [0.1, 0.15) is 6.07 Å². The predicted molar refractivity (Wildman–Crippen MR) is 77.8 cm³/mol. The third-order valence-corrected chi connectivity index (χ3v) is 3.73. The molecule has 1 fully saturated rings. The topological polar surface area (TPSA) is 79.6 Å². The lowest BCUT2D eigenvalue weighted by atomic mass is 10.2. The Kier molecular flexibility index (Phi) is 4.50. The summed E-state index contributed by atoms with van der Waals surface area (Å²) in [6.07, 6.45) is 1.62. The fraction of sp³-hybridized carbons (Fsp3) is 0.214. The number of nitrogens with zero attached hydrogens (tertiary/aromatic N) is 2. The molecule has 1 aromatic carbocycles. The van der Waals surface area contributed by atoms with Gasteiger partial charge in [-0.3, -0.25) is 14.5 Å². The summed E-state index contributed by atoms with van der Waals surface area (Å²) >= 11 is 0.892. The van der Waals surface area contributed by atoms with Crippen LogP contribution >= 0.6 is 11.8 Å². The van der Waals surface area contributed by atoms with Gasteiger partial charge >= 0.3 is 0 Å². The highest BCUT2D eigenvalue weighted by Crippen LogP contribution is 2.33. The Morgan fingerprint density at radius 1 is 1.38 bits per heavy atom. The molecule has 0 saturated carbocycles. The molecule has 108 valence electrons. The zero-order valence-electron chi connectivity index (χ0n) is 11.5. The molecular formula is C14H12N2O4S. The zero-order chi connectivity index (χ0) is 15.4. The molecule has 0 aromatic heterocycles. The highest BCUT2D eigenvalue weighted by molar-refractivity contribution is 8.18. The van der Waals surface area contributed by atoms with Gasteiger partial charge in [-0.25, -0.2) is 0 Å². The van der Waals surface area contributed by atoms with Crippen molar-refractivity contribution in [3.8, 4) is 17.6 Å². The number of benzene rings is 1. The van der Waals surface area contributed by atoms with Crippen LogP contribution in [0.25, 0.3) is 6.08 Å². The Hall–Kier alpha value is -2.46. The molecule has 0 aliphatic carbocycles. The summed E-state index contributed by atoms with van der Waals surface area (Å²) < 4.78 is 10.4. The molecule has 7 heteroatoms. The van der Waals surface area contributed by atoms with Crippen molar-refractivity contribution in [3.05, 3.63) is 28.7 Å². The number of likely N-dealkylation sites (N-methyl/N-ethyl adjacent to an activating group) is 1. The first-order chi connectivity index (χ1) is 10.1. The second-order valence-electron chi connectivity index (χ2n) is 4.10. The standard InChI is InChI=1S/C14H12N2O4S/c1-16-13(17)12(21-14(16)18)8-9-3-4-10(20-6-5-15)11(7-9)19-2/h3-4,7-8H,6H2,1-2H3/b12-8-. The third-order valence-electron chi connectivity index (χ3n) is 2.76. The van der Waals surface area contributed by atoms with Gasteiger partial charge in [0, 0.05) is 7.05 Å². The highest BCUT2D eigenvalue weighted by Gasteiger charge is 2.31. The number of carbonyl (C=O) groups excluding carboxylic acids is 2. The van der Waals surface area contributed by atoms with E-state index in [1.807, 2.05) is 6.07 Å². The minimum absolute atomic E-state index is 0.0789. The molecule has 1 heterocycles. The molecule has 2 amide bonds. The minimum atomic E-state index is -0.325. The molecule has 1 aliphatic rings. The summed E-state index contributed by atoms with van der Waals surface area (Å²) in [6.45, 7) is -0.0789. The summed E-state index contributed by atoms with van der Waals surface area (Å²) in [6, 6.07) is 6.92. The van der Waals surface area contributed by atoms with Crippen LogP contribution in [-0.4, -0.2) is 36.8 Å². The van der Waals surface area contributed by atoms with Gasteiger partial charge in [0.25, 0.3) is 11.1 Å². The summed E-state index contributed by atoms with van der Waals surface area (Å²) in [5.74, 6) is 0.572. The number of imide groups is 1. The first kappa shape index (κ1) is 14.9. The maximum absolute atomic E-state index is 11.8. The fourth-order valence-corrected chi connectivity index (χ4v) is 2.53. The van der Waals surface area contributed by atoms with Crippen molar-refractivity contribution >= 4 is 29.0 Å². The van der Waals surface area contributed by atoms with Crippen LogP contribution in [-0.2, 0) is 4.79 Å². The van der Waals surface area contributed by atoms with Crippen LogP contribution in [0.2, 0.25) is 0 Å². The molecule has 0 atom stereocenters. The first-order valence-electron chi connectivity index (χ1n) is 5.96. The Bertz CT molecular complexity index is 663. The molecule has 2 rings (SSSR count). The van der Waals surface area contributed by atoms with Gasteiger partial charge in [-0.05, 0) is 35.5 Å². The number of rotatable bonds is 4. The van der Waals surface area contributed by atoms with Crippen LogP contribution in [0.1, 0.15) is 5.56 Å². The average molecular weight is 304 g/mol. The van der Waals surface area contributed by atoms with E-state index in [1.165, 1.54) is 14.2 Å². The molecular weight excluding hydrogens is 292 g/mol. The van der Waals surface area contributed by atoms with E-state index in [2.05, 4.69) is 0 Å². The van der Waals surface area contributed by atoms with Crippen molar-refractivity contribution in [2.24, 2.45) is 0 Å². The number of nitriles is 1. The normalized spacial score (nSPS) is 16.2. The Labute approximate surface area is 125 Å². The largest absolute Gasteiger partial charge is 0.493 e. The van der Waals surface area contributed by atoms with E-state index in [0.29, 0.717) is 22.0 Å². The monoisotopic (exact) mass is 304 g/mol. The maximum atomic E-state index is 11.8. The van der Waals surface area contributed by atoms with Crippen LogP contribution < -0.4 is 9.47 Å². The molecule has 21 heavy (non-hydrogen) atoms. The number of methoxy groups -OCH3 is 1. The Morgan fingerprint density at radius 2 is 2.14 bits per heavy atom. The summed E-state index contributed by atoms with van der Waals surface area (Å²) in [5, 5.41) is 8.21. The number of thioether (sulfide) groups is 1. The number of ether oxygens (including phenoxy) is 2. The first-order valence-corrected chi connectivity index (χ1v) is 6.78. The van der Waals surface area contributed by atoms with Crippen molar-refractivity contribution in [3.63, 3.8) is 0 Å². The summed E-state index contributed by atoms with van der Waals surface area (Å²) in [5.41, 5.74) is 0.704. The number of carbonyl (C=O) groups is 2. The minimum Gasteiger partial charge on any atom is -0.493 e. The molecule has 1 aliphatic heterocycles. The van der Waals surface area contributed by atoms with Crippen molar-refractivity contribution in [2.75, 3.05) is 20.8 Å². The highest BCUT2D eigenvalue weighted by atomic mass is 32.2. The average Bonchev–Trinajstić information content (AvgIpc) is 2.73. The summed E-state index contributed by atoms with van der Waals surface area (Å²) in [7, 11) is 2.93. The van der Waals surface area contributed by atoms with Gasteiger partial charge in [0.05, 0.1) is 12.0 Å². The predicted octanol–water partition coefficient (Wildman–Crippen LogP) is 2.26. The van der Waals surface area contributed by atoms with Gasteiger partial charge in [0.2, 0.25) is 0 Å². The van der Waals surface area contributed by atoms with Crippen molar-refractivity contribution in [2.45, 2.75) is 0 Å². The van der Waals surface area contributed by atoms with E-state index < -0.39 is 0 Å². The van der Waals surface area contributed by atoms with Gasteiger partial charge in [-0.1, -0.05) is 6.07 Å². The second-order valence-corrected chi connectivity index (χ2v) is 5.09. The quantitative estimate of drug-likeness (QED) is 0.794. The van der Waals surface area contributed by atoms with E-state index in [-0.39, 0.29) is 17.8 Å². The summed E-state index contributed by atoms with van der Waals surface area (Å²) in [4.78, 5) is 24.7. The fourth-order valence-electron chi connectivity index (χ4n) is 1.70. The maximum Gasteiger partial charge on any atom is 0.293 e. The molecule has 0 bridgehead atoms. The van der Waals surface area contributed by atoms with Gasteiger partial charge < -0.3 is 9.47 Å². The van der Waals surface area contributed by atoms with Crippen molar-refractivity contribution < 1.29 is 19.1 Å². The Balaban J connectivity index is 2.28. The van der Waals surface area contributed by atoms with Crippen LogP contribution in [0.5, 0.6) is 11.5 Å². The lowest BCUT2D eigenvalue weighted by molar-refractivity contribution is -0.121. The number of hydrogen-bond donors (Lipinski definition) is 0. The molecule has 1 saturated heterocycles. The number of amides is 2. The Morgan fingerprint density at radius 3 is 2.71 bits per heavy atom. The smallest absolute Gasteiger partial charge is 0.293 e. The van der Waals surface area contributed by atoms with E-state index in [0.717, 1.165) is 16.7 Å². The SMILES string of the molecule is COc1cc(/C=C2\SC(=O)N(C)C2=O)ccc1OCC#N. The molecule has 0 N–H and O–H groups in total. The zero-order valence-corrected chi connectivity index (χ0v) is 12.3. The molecule has 0 radical (unpaired) electrons. The van der Waals surface area contributed by atoms with Crippen LogP contribution in [0.15, 0.2) is 23.1 Å². The van der Waals surface area contributed by atoms with E-state index in [1.54, 1.807) is 24.3 Å². The van der Waals surface area contributed by atoms with E-state index in [4.69, 9.17) is 14.7 Å². The van der Waals surface area contributed by atoms with Gasteiger partial charge in [0.15, 0.2) is 18.1 Å². The van der Waals surface area contributed by atoms with Gasteiger partial charge in [-0.2, -0.15) is 5.26 Å². The van der Waals surface area contributed by atoms with Crippen molar-refractivity contribution in [1.29, 1.82) is 5.26 Å². The van der Waals surface area contributed by atoms with E-state index in [9.17, 15) is 9.59 Å². The second kappa shape index (κ2) is 6.33. The number of hydrogen-bond acceptors (Lipinski definition) is 6. The molecule has 1 aromatic rings. The van der Waals surface area contributed by atoms with Gasteiger partial charge in [-0.15, -0.1) is 0 Å². The molecule has 6 nitrogen and oxygen atoms in total. The van der Waals surface area contributed by atoms with Crippen LogP contribution in [0, 0.1) is 11.3 Å². The lowest BCUT2D eigenvalue weighted by Gasteiger charge is -2.09. The van der Waals surface area contributed by atoms with Crippen LogP contribution in [0.4, 0.5) is 4.79 Å². The van der Waals surface area contributed by atoms with E-state index >= 15 is 0 Å².